The Morgan fingerprint density at radius 3 is 2.50 bits per heavy atom. The zero-order valence-electron chi connectivity index (χ0n) is 5.87. The molecule has 0 amide bonds. The minimum Gasteiger partial charge on any atom is -0.480 e. The highest BCUT2D eigenvalue weighted by atomic mass is 32.2. The molecule has 0 aromatic rings. The summed E-state index contributed by atoms with van der Waals surface area (Å²) in [4.78, 5) is 10.2. The lowest BCUT2D eigenvalue weighted by atomic mass is 10.5. The van der Waals surface area contributed by atoms with E-state index in [4.69, 9.17) is 10.4 Å². The fourth-order valence-electron chi connectivity index (χ4n) is 0.395. The lowest BCUT2D eigenvalue weighted by Gasteiger charge is -2.05. The van der Waals surface area contributed by atoms with Gasteiger partial charge in [-0.2, -0.15) is 5.26 Å². The van der Waals surface area contributed by atoms with E-state index in [2.05, 4.69) is 0 Å². The van der Waals surface area contributed by atoms with E-state index in [1.165, 1.54) is 0 Å². The molecule has 0 aliphatic heterocycles. The van der Waals surface area contributed by atoms with E-state index in [1.54, 1.807) is 13.8 Å². The Labute approximate surface area is 64.0 Å². The highest BCUT2D eigenvalue weighted by molar-refractivity contribution is 8.01. The second-order valence-corrected chi connectivity index (χ2v) is 3.57. The molecule has 0 aliphatic carbocycles. The predicted molar refractivity (Wildman–Crippen MR) is 39.8 cm³/mol. The predicted octanol–water partition coefficient (Wildman–Crippen LogP) is 1.10. The van der Waals surface area contributed by atoms with E-state index in [0.29, 0.717) is 0 Å². The lowest BCUT2D eigenvalue weighted by Crippen LogP contribution is -2.14. The molecule has 2 unspecified atom stereocenters. The third-order valence-electron chi connectivity index (χ3n) is 0.938. The summed E-state index contributed by atoms with van der Waals surface area (Å²) in [5.74, 6) is -0.868. The van der Waals surface area contributed by atoms with Crippen LogP contribution in [0.25, 0.3) is 0 Å². The maximum Gasteiger partial charge on any atom is 0.316 e. The molecular formula is C6H9NO2S. The number of hydrogen-bond acceptors (Lipinski definition) is 3. The van der Waals surface area contributed by atoms with Crippen LogP contribution in [-0.2, 0) is 4.79 Å². The molecule has 0 saturated heterocycles. The van der Waals surface area contributed by atoms with Gasteiger partial charge in [-0.05, 0) is 13.8 Å². The Bertz CT molecular complexity index is 164. The van der Waals surface area contributed by atoms with Gasteiger partial charge in [-0.15, -0.1) is 11.8 Å². The van der Waals surface area contributed by atoms with E-state index in [9.17, 15) is 4.79 Å². The highest BCUT2D eigenvalue weighted by Gasteiger charge is 2.14. The Balaban J connectivity index is 3.70. The number of carboxylic acids is 1. The monoisotopic (exact) mass is 159 g/mol. The number of nitrogens with zero attached hydrogens (tertiary/aromatic N) is 1. The Morgan fingerprint density at radius 1 is 1.70 bits per heavy atom. The summed E-state index contributed by atoms with van der Waals surface area (Å²) in [6.07, 6.45) is 0. The van der Waals surface area contributed by atoms with Crippen molar-refractivity contribution in [1.82, 2.24) is 0 Å². The molecule has 0 saturated carbocycles. The van der Waals surface area contributed by atoms with Crippen molar-refractivity contribution in [2.75, 3.05) is 0 Å². The van der Waals surface area contributed by atoms with Crippen molar-refractivity contribution >= 4 is 17.7 Å². The fourth-order valence-corrected chi connectivity index (χ4v) is 1.18. The average Bonchev–Trinajstić information content (AvgIpc) is 1.87. The number of carboxylic acid groups (broad SMARTS) is 1. The van der Waals surface area contributed by atoms with Gasteiger partial charge in [-0.25, -0.2) is 0 Å². The van der Waals surface area contributed by atoms with E-state index in [0.717, 1.165) is 11.8 Å². The van der Waals surface area contributed by atoms with Crippen LogP contribution in [-0.4, -0.2) is 21.6 Å². The molecule has 2 atom stereocenters. The molecule has 0 aliphatic rings. The Hall–Kier alpha value is -0.690. The topological polar surface area (TPSA) is 61.1 Å². The van der Waals surface area contributed by atoms with Crippen LogP contribution in [0.15, 0.2) is 0 Å². The van der Waals surface area contributed by atoms with Crippen molar-refractivity contribution < 1.29 is 9.90 Å². The molecule has 0 heterocycles. The van der Waals surface area contributed by atoms with Gasteiger partial charge in [0.25, 0.3) is 0 Å². The van der Waals surface area contributed by atoms with Crippen molar-refractivity contribution in [3.8, 4) is 6.07 Å². The van der Waals surface area contributed by atoms with E-state index < -0.39 is 11.2 Å². The maximum atomic E-state index is 10.2. The van der Waals surface area contributed by atoms with Crippen molar-refractivity contribution in [3.63, 3.8) is 0 Å². The Morgan fingerprint density at radius 2 is 2.20 bits per heavy atom. The van der Waals surface area contributed by atoms with Crippen molar-refractivity contribution in [2.45, 2.75) is 24.3 Å². The average molecular weight is 159 g/mol. The van der Waals surface area contributed by atoms with Crippen molar-refractivity contribution in [3.05, 3.63) is 0 Å². The number of carbonyl (C=O) groups is 1. The zero-order valence-corrected chi connectivity index (χ0v) is 6.68. The van der Waals surface area contributed by atoms with Gasteiger partial charge in [0.1, 0.15) is 5.25 Å². The van der Waals surface area contributed by atoms with Gasteiger partial charge in [0, 0.05) is 0 Å². The molecule has 0 bridgehead atoms. The van der Waals surface area contributed by atoms with Crippen LogP contribution >= 0.6 is 11.8 Å². The minimum absolute atomic E-state index is 0.244. The maximum absolute atomic E-state index is 10.2. The number of rotatable bonds is 3. The van der Waals surface area contributed by atoms with Crippen LogP contribution in [0.3, 0.4) is 0 Å². The molecule has 0 aromatic carbocycles. The van der Waals surface area contributed by atoms with Gasteiger partial charge in [0.2, 0.25) is 0 Å². The summed E-state index contributed by atoms with van der Waals surface area (Å²) in [7, 11) is 0. The summed E-state index contributed by atoms with van der Waals surface area (Å²) in [5, 5.41) is 16.0. The SMILES string of the molecule is CC(C#N)SC(C)C(=O)O. The first-order valence-electron chi connectivity index (χ1n) is 2.85. The molecular weight excluding hydrogens is 150 g/mol. The van der Waals surface area contributed by atoms with E-state index in [-0.39, 0.29) is 5.25 Å². The van der Waals surface area contributed by atoms with Crippen LogP contribution in [0.5, 0.6) is 0 Å². The molecule has 0 aromatic heterocycles. The molecule has 56 valence electrons. The zero-order chi connectivity index (χ0) is 8.15. The molecule has 0 radical (unpaired) electrons. The van der Waals surface area contributed by atoms with Crippen molar-refractivity contribution in [1.29, 1.82) is 5.26 Å². The van der Waals surface area contributed by atoms with Crippen LogP contribution in [0.1, 0.15) is 13.8 Å². The van der Waals surface area contributed by atoms with Crippen LogP contribution in [0.2, 0.25) is 0 Å². The first-order valence-corrected chi connectivity index (χ1v) is 3.80. The van der Waals surface area contributed by atoms with Gasteiger partial charge in [-0.3, -0.25) is 4.79 Å². The fraction of sp³-hybridized carbons (Fsp3) is 0.667. The van der Waals surface area contributed by atoms with Gasteiger partial charge < -0.3 is 5.11 Å². The Kier molecular flexibility index (Phi) is 3.89. The first-order chi connectivity index (χ1) is 4.57. The van der Waals surface area contributed by atoms with Gasteiger partial charge >= 0.3 is 5.97 Å². The summed E-state index contributed by atoms with van der Waals surface area (Å²) in [6.45, 7) is 3.25. The second-order valence-electron chi connectivity index (χ2n) is 1.89. The highest BCUT2D eigenvalue weighted by Crippen LogP contribution is 2.16. The van der Waals surface area contributed by atoms with Crippen LogP contribution in [0, 0.1) is 11.3 Å². The lowest BCUT2D eigenvalue weighted by molar-refractivity contribution is -0.136. The molecule has 4 heteroatoms. The normalized spacial score (nSPS) is 15.3. The third-order valence-corrected chi connectivity index (χ3v) is 2.06. The molecule has 0 spiro atoms. The molecule has 0 rings (SSSR count). The summed E-state index contributed by atoms with van der Waals surface area (Å²) in [6, 6.07) is 1.95. The van der Waals surface area contributed by atoms with Crippen molar-refractivity contribution in [2.24, 2.45) is 0 Å². The standard InChI is InChI=1S/C6H9NO2S/c1-4(3-7)10-5(2)6(8)9/h4-5H,1-2H3,(H,8,9). The summed E-state index contributed by atoms with van der Waals surface area (Å²) >= 11 is 1.15. The number of aliphatic carboxylic acids is 1. The second kappa shape index (κ2) is 4.18. The summed E-state index contributed by atoms with van der Waals surface area (Å²) in [5.41, 5.74) is 0. The van der Waals surface area contributed by atoms with E-state index in [1.807, 2.05) is 6.07 Å². The van der Waals surface area contributed by atoms with E-state index >= 15 is 0 Å². The third kappa shape index (κ3) is 3.36. The molecule has 3 nitrogen and oxygen atoms in total. The van der Waals surface area contributed by atoms with Gasteiger partial charge in [-0.1, -0.05) is 0 Å². The quantitative estimate of drug-likeness (QED) is 0.670. The number of hydrogen-bond donors (Lipinski definition) is 1. The largest absolute Gasteiger partial charge is 0.480 e. The van der Waals surface area contributed by atoms with Crippen LogP contribution in [0.4, 0.5) is 0 Å². The first kappa shape index (κ1) is 9.31. The number of nitriles is 1. The minimum atomic E-state index is -0.868. The number of thioether (sulfide) groups is 1. The molecule has 10 heavy (non-hydrogen) atoms. The molecule has 1 N–H and O–H groups in total. The van der Waals surface area contributed by atoms with Gasteiger partial charge in [0.15, 0.2) is 0 Å². The molecule has 0 fully saturated rings. The summed E-state index contributed by atoms with van der Waals surface area (Å²) < 4.78 is 0. The van der Waals surface area contributed by atoms with Gasteiger partial charge in [0.05, 0.1) is 11.3 Å². The smallest absolute Gasteiger partial charge is 0.316 e. The van der Waals surface area contributed by atoms with Crippen LogP contribution < -0.4 is 0 Å².